The second-order valence-corrected chi connectivity index (χ2v) is 7.29. The number of nitrogens with zero attached hydrogens (tertiary/aromatic N) is 3. The number of ether oxygens (including phenoxy) is 1. The molecule has 7 heteroatoms. The standard InChI is InChI=1S/C19H29N5O2/c1-2-26-17-9-5-15(6-10-17)23-19-21-12-13(11-20)18(24-19)22-14-3-7-16(25)8-4-14/h12,14-17,25H,2-10H2,1H3,(H2,21,22,23,24). The van der Waals surface area contributed by atoms with Crippen LogP contribution in [-0.4, -0.2) is 46.0 Å². The Kier molecular flexibility index (Phi) is 6.64. The number of aliphatic hydroxyl groups is 1. The maximum Gasteiger partial charge on any atom is 0.224 e. The number of aromatic nitrogens is 2. The first-order chi connectivity index (χ1) is 12.7. The van der Waals surface area contributed by atoms with E-state index >= 15 is 0 Å². The van der Waals surface area contributed by atoms with Gasteiger partial charge in [-0.25, -0.2) is 4.98 Å². The van der Waals surface area contributed by atoms with E-state index in [1.807, 2.05) is 6.92 Å². The maximum absolute atomic E-state index is 9.65. The molecule has 7 nitrogen and oxygen atoms in total. The lowest BCUT2D eigenvalue weighted by Crippen LogP contribution is -2.31. The summed E-state index contributed by atoms with van der Waals surface area (Å²) in [7, 11) is 0. The lowest BCUT2D eigenvalue weighted by molar-refractivity contribution is 0.0346. The van der Waals surface area contributed by atoms with Crippen molar-refractivity contribution in [2.75, 3.05) is 17.2 Å². The average Bonchev–Trinajstić information content (AvgIpc) is 2.66. The van der Waals surface area contributed by atoms with Crippen LogP contribution in [0.5, 0.6) is 0 Å². The molecule has 0 atom stereocenters. The van der Waals surface area contributed by atoms with Gasteiger partial charge in [-0.2, -0.15) is 10.2 Å². The third-order valence-corrected chi connectivity index (χ3v) is 5.36. The van der Waals surface area contributed by atoms with Crippen molar-refractivity contribution in [2.24, 2.45) is 0 Å². The van der Waals surface area contributed by atoms with Crippen LogP contribution in [-0.2, 0) is 4.74 Å². The van der Waals surface area contributed by atoms with E-state index < -0.39 is 0 Å². The summed E-state index contributed by atoms with van der Waals surface area (Å²) >= 11 is 0. The van der Waals surface area contributed by atoms with Gasteiger partial charge in [-0.15, -0.1) is 0 Å². The SMILES string of the molecule is CCOC1CCC(Nc2ncc(C#N)c(NC3CCC(O)CC3)n2)CC1. The highest BCUT2D eigenvalue weighted by Gasteiger charge is 2.23. The first kappa shape index (κ1) is 18.9. The molecule has 1 aromatic heterocycles. The van der Waals surface area contributed by atoms with Gasteiger partial charge in [0.25, 0.3) is 0 Å². The molecule has 0 amide bonds. The molecule has 2 fully saturated rings. The zero-order chi connectivity index (χ0) is 18.4. The van der Waals surface area contributed by atoms with Gasteiger partial charge in [0.2, 0.25) is 5.95 Å². The molecule has 0 radical (unpaired) electrons. The maximum atomic E-state index is 9.65. The van der Waals surface area contributed by atoms with E-state index in [0.717, 1.165) is 58.0 Å². The Labute approximate surface area is 155 Å². The largest absolute Gasteiger partial charge is 0.393 e. The molecule has 3 N–H and O–H groups in total. The number of anilines is 2. The predicted octanol–water partition coefficient (Wildman–Crippen LogP) is 2.82. The summed E-state index contributed by atoms with van der Waals surface area (Å²) in [5.41, 5.74) is 0.460. The van der Waals surface area contributed by atoms with Crippen molar-refractivity contribution in [1.29, 1.82) is 5.26 Å². The normalized spacial score (nSPS) is 29.0. The zero-order valence-corrected chi connectivity index (χ0v) is 15.4. The van der Waals surface area contributed by atoms with Crippen molar-refractivity contribution in [3.8, 4) is 6.07 Å². The van der Waals surface area contributed by atoms with Gasteiger partial charge >= 0.3 is 0 Å². The summed E-state index contributed by atoms with van der Waals surface area (Å²) < 4.78 is 5.70. The molecule has 2 aliphatic rings. The van der Waals surface area contributed by atoms with Crippen molar-refractivity contribution in [3.05, 3.63) is 11.8 Å². The summed E-state index contributed by atoms with van der Waals surface area (Å²) in [5.74, 6) is 1.16. The van der Waals surface area contributed by atoms with Crippen LogP contribution in [0.2, 0.25) is 0 Å². The highest BCUT2D eigenvalue weighted by atomic mass is 16.5. The first-order valence-corrected chi connectivity index (χ1v) is 9.77. The molecule has 0 saturated heterocycles. The van der Waals surface area contributed by atoms with Crippen LogP contribution in [0.25, 0.3) is 0 Å². The van der Waals surface area contributed by atoms with Crippen LogP contribution in [0.15, 0.2) is 6.20 Å². The summed E-state index contributed by atoms with van der Waals surface area (Å²) in [6.45, 7) is 2.81. The number of hydrogen-bond donors (Lipinski definition) is 3. The Bertz CT molecular complexity index is 617. The van der Waals surface area contributed by atoms with Crippen LogP contribution >= 0.6 is 0 Å². The van der Waals surface area contributed by atoms with Gasteiger partial charge in [0, 0.05) is 18.7 Å². The van der Waals surface area contributed by atoms with Crippen LogP contribution in [0.1, 0.15) is 63.9 Å². The van der Waals surface area contributed by atoms with E-state index in [4.69, 9.17) is 4.74 Å². The molecular weight excluding hydrogens is 330 g/mol. The third-order valence-electron chi connectivity index (χ3n) is 5.36. The van der Waals surface area contributed by atoms with Crippen molar-refractivity contribution in [2.45, 2.75) is 82.6 Å². The molecule has 142 valence electrons. The second kappa shape index (κ2) is 9.15. The van der Waals surface area contributed by atoms with Gasteiger partial charge < -0.3 is 20.5 Å². The Morgan fingerprint density at radius 2 is 1.77 bits per heavy atom. The minimum atomic E-state index is -0.196. The van der Waals surface area contributed by atoms with Gasteiger partial charge in [0.05, 0.1) is 18.4 Å². The highest BCUT2D eigenvalue weighted by Crippen LogP contribution is 2.25. The van der Waals surface area contributed by atoms with E-state index in [1.165, 1.54) is 0 Å². The fourth-order valence-corrected chi connectivity index (χ4v) is 3.85. The smallest absolute Gasteiger partial charge is 0.224 e. The monoisotopic (exact) mass is 359 g/mol. The fourth-order valence-electron chi connectivity index (χ4n) is 3.85. The van der Waals surface area contributed by atoms with Gasteiger partial charge in [-0.3, -0.25) is 0 Å². The van der Waals surface area contributed by atoms with Crippen LogP contribution < -0.4 is 10.6 Å². The van der Waals surface area contributed by atoms with E-state index in [9.17, 15) is 10.4 Å². The van der Waals surface area contributed by atoms with Crippen LogP contribution in [0.4, 0.5) is 11.8 Å². The number of rotatable bonds is 6. The predicted molar refractivity (Wildman–Crippen MR) is 99.9 cm³/mol. The number of aliphatic hydroxyl groups excluding tert-OH is 1. The van der Waals surface area contributed by atoms with Crippen LogP contribution in [0, 0.1) is 11.3 Å². The molecular formula is C19H29N5O2. The summed E-state index contributed by atoms with van der Waals surface area (Å²) in [5, 5.41) is 25.8. The van der Waals surface area contributed by atoms with Gasteiger partial charge in [-0.1, -0.05) is 0 Å². The van der Waals surface area contributed by atoms with Crippen molar-refractivity contribution >= 4 is 11.8 Å². The van der Waals surface area contributed by atoms with E-state index in [1.54, 1.807) is 6.20 Å². The molecule has 0 bridgehead atoms. The summed E-state index contributed by atoms with van der Waals surface area (Å²) in [6, 6.07) is 2.75. The Hall–Kier alpha value is -1.91. The Morgan fingerprint density at radius 3 is 2.42 bits per heavy atom. The molecule has 1 aromatic rings. The molecule has 3 rings (SSSR count). The van der Waals surface area contributed by atoms with Crippen LogP contribution in [0.3, 0.4) is 0 Å². The molecule has 26 heavy (non-hydrogen) atoms. The lowest BCUT2D eigenvalue weighted by atomic mass is 9.93. The fraction of sp³-hybridized carbons (Fsp3) is 0.737. The Morgan fingerprint density at radius 1 is 1.12 bits per heavy atom. The van der Waals surface area contributed by atoms with E-state index in [0.29, 0.717) is 29.5 Å². The summed E-state index contributed by atoms with van der Waals surface area (Å²) in [6.07, 6.45) is 9.30. The molecule has 0 aromatic carbocycles. The molecule has 0 unspecified atom stereocenters. The topological polar surface area (TPSA) is 103 Å². The summed E-state index contributed by atoms with van der Waals surface area (Å²) in [4.78, 5) is 8.87. The van der Waals surface area contributed by atoms with Gasteiger partial charge in [0.15, 0.2) is 0 Å². The van der Waals surface area contributed by atoms with Crippen molar-refractivity contribution in [3.63, 3.8) is 0 Å². The molecule has 2 aliphatic carbocycles. The molecule has 0 aliphatic heterocycles. The first-order valence-electron chi connectivity index (χ1n) is 9.77. The lowest BCUT2D eigenvalue weighted by Gasteiger charge is -2.29. The van der Waals surface area contributed by atoms with Crippen molar-refractivity contribution < 1.29 is 9.84 Å². The minimum absolute atomic E-state index is 0.196. The van der Waals surface area contributed by atoms with E-state index in [2.05, 4.69) is 26.7 Å². The molecule has 2 saturated carbocycles. The van der Waals surface area contributed by atoms with Gasteiger partial charge in [0.1, 0.15) is 17.5 Å². The minimum Gasteiger partial charge on any atom is -0.393 e. The van der Waals surface area contributed by atoms with E-state index in [-0.39, 0.29) is 12.1 Å². The molecule has 0 spiro atoms. The quantitative estimate of drug-likeness (QED) is 0.717. The van der Waals surface area contributed by atoms with Crippen molar-refractivity contribution in [1.82, 2.24) is 9.97 Å². The molecule has 1 heterocycles. The second-order valence-electron chi connectivity index (χ2n) is 7.29. The Balaban J connectivity index is 1.59. The third kappa shape index (κ3) is 5.05. The van der Waals surface area contributed by atoms with Gasteiger partial charge in [-0.05, 0) is 58.3 Å². The number of hydrogen-bond acceptors (Lipinski definition) is 7. The average molecular weight is 359 g/mol. The number of nitrogens with one attached hydrogen (secondary N) is 2. The zero-order valence-electron chi connectivity index (χ0n) is 15.4. The number of nitriles is 1. The highest BCUT2D eigenvalue weighted by molar-refractivity contribution is 5.54.